The van der Waals surface area contributed by atoms with Gasteiger partial charge in [-0.2, -0.15) is 0 Å². The van der Waals surface area contributed by atoms with E-state index >= 15 is 0 Å². The summed E-state index contributed by atoms with van der Waals surface area (Å²) >= 11 is 0. The molecule has 1 heterocycles. The first-order valence-corrected chi connectivity index (χ1v) is 5.45. The maximum absolute atomic E-state index is 11.8. The Morgan fingerprint density at radius 2 is 2.18 bits per heavy atom. The van der Waals surface area contributed by atoms with E-state index in [9.17, 15) is 9.59 Å². The number of nitrogens with zero attached hydrogens (tertiary/aromatic N) is 1. The van der Waals surface area contributed by atoms with Gasteiger partial charge in [-0.05, 0) is 24.6 Å². The SMILES string of the molecule is Cc1ccc(N2CC(C(N)=O)CC2=O)cc1N. The summed E-state index contributed by atoms with van der Waals surface area (Å²) in [6.07, 6.45) is 0.184. The summed E-state index contributed by atoms with van der Waals surface area (Å²) in [5.41, 5.74) is 13.3. The minimum atomic E-state index is -0.430. The van der Waals surface area contributed by atoms with Gasteiger partial charge in [0.25, 0.3) is 0 Å². The van der Waals surface area contributed by atoms with Crippen LogP contribution in [0.15, 0.2) is 18.2 Å². The lowest BCUT2D eigenvalue weighted by Crippen LogP contribution is -2.28. The van der Waals surface area contributed by atoms with Crippen LogP contribution in [-0.4, -0.2) is 18.4 Å². The first-order chi connectivity index (χ1) is 7.99. The number of primary amides is 1. The molecule has 1 atom stereocenters. The lowest BCUT2D eigenvalue weighted by molar-refractivity contribution is -0.123. The molecule has 4 N–H and O–H groups in total. The maximum atomic E-state index is 11.8. The largest absolute Gasteiger partial charge is 0.398 e. The van der Waals surface area contributed by atoms with E-state index in [1.807, 2.05) is 19.1 Å². The second-order valence-corrected chi connectivity index (χ2v) is 4.35. The zero-order valence-corrected chi connectivity index (χ0v) is 9.64. The summed E-state index contributed by atoms with van der Waals surface area (Å²) in [5.74, 6) is -0.914. The molecule has 0 radical (unpaired) electrons. The third-order valence-electron chi connectivity index (χ3n) is 3.10. The number of nitrogens with two attached hydrogens (primary N) is 2. The molecule has 5 heteroatoms. The number of anilines is 2. The lowest BCUT2D eigenvalue weighted by Gasteiger charge is -2.17. The molecule has 1 aliphatic rings. The predicted molar refractivity (Wildman–Crippen MR) is 65.2 cm³/mol. The average molecular weight is 233 g/mol. The topological polar surface area (TPSA) is 89.4 Å². The van der Waals surface area contributed by atoms with Gasteiger partial charge in [-0.3, -0.25) is 9.59 Å². The smallest absolute Gasteiger partial charge is 0.227 e. The molecular formula is C12H15N3O2. The van der Waals surface area contributed by atoms with Crippen LogP contribution in [0.5, 0.6) is 0 Å². The van der Waals surface area contributed by atoms with E-state index in [4.69, 9.17) is 11.5 Å². The van der Waals surface area contributed by atoms with Crippen molar-refractivity contribution in [2.45, 2.75) is 13.3 Å². The number of rotatable bonds is 2. The highest BCUT2D eigenvalue weighted by atomic mass is 16.2. The van der Waals surface area contributed by atoms with Crippen molar-refractivity contribution in [2.75, 3.05) is 17.2 Å². The van der Waals surface area contributed by atoms with Crippen LogP contribution in [-0.2, 0) is 9.59 Å². The lowest BCUT2D eigenvalue weighted by atomic mass is 10.1. The van der Waals surface area contributed by atoms with E-state index in [1.165, 1.54) is 0 Å². The first-order valence-electron chi connectivity index (χ1n) is 5.45. The van der Waals surface area contributed by atoms with Crippen molar-refractivity contribution >= 4 is 23.2 Å². The van der Waals surface area contributed by atoms with Crippen LogP contribution in [0.1, 0.15) is 12.0 Å². The second kappa shape index (κ2) is 4.08. The normalized spacial score (nSPS) is 19.7. The fourth-order valence-electron chi connectivity index (χ4n) is 1.94. The van der Waals surface area contributed by atoms with Gasteiger partial charge < -0.3 is 16.4 Å². The molecule has 2 amide bonds. The van der Waals surface area contributed by atoms with Crippen molar-refractivity contribution in [3.05, 3.63) is 23.8 Å². The maximum Gasteiger partial charge on any atom is 0.227 e. The van der Waals surface area contributed by atoms with Gasteiger partial charge in [-0.1, -0.05) is 6.07 Å². The second-order valence-electron chi connectivity index (χ2n) is 4.35. The van der Waals surface area contributed by atoms with Gasteiger partial charge in [-0.15, -0.1) is 0 Å². The number of carbonyl (C=O) groups excluding carboxylic acids is 2. The Balaban J connectivity index is 2.26. The van der Waals surface area contributed by atoms with Crippen LogP contribution in [0.4, 0.5) is 11.4 Å². The van der Waals surface area contributed by atoms with Gasteiger partial charge in [0.05, 0.1) is 5.92 Å². The molecule has 0 spiro atoms. The van der Waals surface area contributed by atoms with Crippen molar-refractivity contribution in [2.24, 2.45) is 11.7 Å². The summed E-state index contributed by atoms with van der Waals surface area (Å²) in [6, 6.07) is 5.43. The Morgan fingerprint density at radius 3 is 2.71 bits per heavy atom. The van der Waals surface area contributed by atoms with Crippen molar-refractivity contribution in [3.8, 4) is 0 Å². The van der Waals surface area contributed by atoms with Gasteiger partial charge in [0.1, 0.15) is 0 Å². The third-order valence-corrected chi connectivity index (χ3v) is 3.10. The molecule has 1 unspecified atom stereocenters. The van der Waals surface area contributed by atoms with Gasteiger partial charge >= 0.3 is 0 Å². The summed E-state index contributed by atoms with van der Waals surface area (Å²) in [5, 5.41) is 0. The highest BCUT2D eigenvalue weighted by molar-refractivity contribution is 6.00. The van der Waals surface area contributed by atoms with E-state index in [2.05, 4.69) is 0 Å². The van der Waals surface area contributed by atoms with Crippen LogP contribution in [0, 0.1) is 12.8 Å². The van der Waals surface area contributed by atoms with Gasteiger partial charge in [0, 0.05) is 24.3 Å². The number of benzene rings is 1. The van der Waals surface area contributed by atoms with Crippen molar-refractivity contribution in [1.29, 1.82) is 0 Å². The number of hydrogen-bond donors (Lipinski definition) is 2. The van der Waals surface area contributed by atoms with Crippen LogP contribution >= 0.6 is 0 Å². The minimum absolute atomic E-state index is 0.0861. The highest BCUT2D eigenvalue weighted by Gasteiger charge is 2.33. The Bertz CT molecular complexity index is 485. The Kier molecular flexibility index (Phi) is 2.75. The molecule has 1 aromatic rings. The number of hydrogen-bond acceptors (Lipinski definition) is 3. The molecule has 0 saturated carbocycles. The highest BCUT2D eigenvalue weighted by Crippen LogP contribution is 2.27. The molecule has 1 fully saturated rings. The molecule has 1 saturated heterocycles. The number of nitrogen functional groups attached to an aromatic ring is 1. The van der Waals surface area contributed by atoms with E-state index in [0.717, 1.165) is 11.3 Å². The van der Waals surface area contributed by atoms with E-state index in [-0.39, 0.29) is 12.3 Å². The number of amides is 2. The summed E-state index contributed by atoms with van der Waals surface area (Å²) in [7, 11) is 0. The molecular weight excluding hydrogens is 218 g/mol. The van der Waals surface area contributed by atoms with Crippen LogP contribution in [0.2, 0.25) is 0 Å². The fraction of sp³-hybridized carbons (Fsp3) is 0.333. The molecule has 5 nitrogen and oxygen atoms in total. The summed E-state index contributed by atoms with van der Waals surface area (Å²) in [4.78, 5) is 24.4. The molecule has 1 aromatic carbocycles. The fourth-order valence-corrected chi connectivity index (χ4v) is 1.94. The zero-order chi connectivity index (χ0) is 12.6. The Morgan fingerprint density at radius 1 is 1.47 bits per heavy atom. The predicted octanol–water partition coefficient (Wildman–Crippen LogP) is 0.415. The first kappa shape index (κ1) is 11.4. The Hall–Kier alpha value is -2.04. The van der Waals surface area contributed by atoms with Crippen LogP contribution in [0.25, 0.3) is 0 Å². The van der Waals surface area contributed by atoms with Crippen LogP contribution in [0.3, 0.4) is 0 Å². The molecule has 17 heavy (non-hydrogen) atoms. The van der Waals surface area contributed by atoms with E-state index in [0.29, 0.717) is 12.2 Å². The molecule has 0 aliphatic carbocycles. The number of aryl methyl sites for hydroxylation is 1. The molecule has 1 aliphatic heterocycles. The van der Waals surface area contributed by atoms with Crippen LogP contribution < -0.4 is 16.4 Å². The van der Waals surface area contributed by atoms with E-state index < -0.39 is 11.8 Å². The number of carbonyl (C=O) groups is 2. The minimum Gasteiger partial charge on any atom is -0.398 e. The quantitative estimate of drug-likeness (QED) is 0.725. The average Bonchev–Trinajstić information content (AvgIpc) is 2.65. The summed E-state index contributed by atoms with van der Waals surface area (Å²) < 4.78 is 0. The third kappa shape index (κ3) is 2.08. The Labute approximate surface area is 99.4 Å². The molecule has 0 aromatic heterocycles. The monoisotopic (exact) mass is 233 g/mol. The van der Waals surface area contributed by atoms with Gasteiger partial charge in [0.15, 0.2) is 0 Å². The van der Waals surface area contributed by atoms with Gasteiger partial charge in [-0.25, -0.2) is 0 Å². The molecule has 2 rings (SSSR count). The van der Waals surface area contributed by atoms with E-state index in [1.54, 1.807) is 11.0 Å². The zero-order valence-electron chi connectivity index (χ0n) is 9.64. The standard InChI is InChI=1S/C12H15N3O2/c1-7-2-3-9(5-10(7)13)15-6-8(12(14)17)4-11(15)16/h2-3,5,8H,4,6,13H2,1H3,(H2,14,17). The van der Waals surface area contributed by atoms with Gasteiger partial charge in [0.2, 0.25) is 11.8 Å². The van der Waals surface area contributed by atoms with Crippen molar-refractivity contribution in [3.63, 3.8) is 0 Å². The van der Waals surface area contributed by atoms with Crippen molar-refractivity contribution in [1.82, 2.24) is 0 Å². The van der Waals surface area contributed by atoms with Crippen molar-refractivity contribution < 1.29 is 9.59 Å². The molecule has 90 valence electrons. The molecule has 0 bridgehead atoms. The summed E-state index contributed by atoms with van der Waals surface area (Å²) in [6.45, 7) is 2.24.